The molecule has 0 radical (unpaired) electrons. The second-order valence-electron chi connectivity index (χ2n) is 9.42. The van der Waals surface area contributed by atoms with E-state index in [1.165, 1.54) is 0 Å². The zero-order valence-electron chi connectivity index (χ0n) is 21.1. The summed E-state index contributed by atoms with van der Waals surface area (Å²) < 4.78 is 0. The van der Waals surface area contributed by atoms with Gasteiger partial charge in [0, 0.05) is 30.1 Å². The van der Waals surface area contributed by atoms with Crippen molar-refractivity contribution in [3.8, 4) is 0 Å². The fourth-order valence-electron chi connectivity index (χ4n) is 4.61. The number of carboxylic acid groups (broad SMARTS) is 2. The maximum atomic E-state index is 13.1. The largest absolute Gasteiger partial charge is 0.481 e. The molecule has 1 saturated heterocycles. The fourth-order valence-corrected chi connectivity index (χ4v) is 4.61. The quantitative estimate of drug-likeness (QED) is 0.160. The van der Waals surface area contributed by atoms with Crippen LogP contribution in [-0.4, -0.2) is 86.4 Å². The molecule has 1 aromatic heterocycles. The van der Waals surface area contributed by atoms with Crippen molar-refractivity contribution in [2.45, 2.75) is 62.7 Å². The number of carbonyl (C=O) groups excluding carboxylic acids is 4. The Morgan fingerprint density at radius 3 is 2.41 bits per heavy atom. The third-order valence-corrected chi connectivity index (χ3v) is 6.57. The van der Waals surface area contributed by atoms with Gasteiger partial charge < -0.3 is 42.2 Å². The molecule has 39 heavy (non-hydrogen) atoms. The van der Waals surface area contributed by atoms with Gasteiger partial charge in [-0.15, -0.1) is 0 Å². The number of aromatic amines is 1. The van der Waals surface area contributed by atoms with Gasteiger partial charge in [-0.3, -0.25) is 24.0 Å². The standard InChI is InChI=1S/C25H32N6O8/c26-15(10-13-12-28-16-5-2-1-4-14(13)16)22(35)29-17(7-8-21(33)34)23(36)30-18(11-20(27)32)24(37)31-9-3-6-19(31)25(38)39/h1-2,4-5,12,15,17-19,28H,3,6-11,26H2,(H2,27,32)(H,29,35)(H,30,36)(H,33,34)(H,38,39). The molecule has 210 valence electrons. The second-order valence-corrected chi connectivity index (χ2v) is 9.42. The number of carbonyl (C=O) groups is 6. The van der Waals surface area contributed by atoms with E-state index in [0.29, 0.717) is 6.42 Å². The van der Waals surface area contributed by atoms with Gasteiger partial charge in [-0.25, -0.2) is 4.79 Å². The number of hydrogen-bond acceptors (Lipinski definition) is 7. The van der Waals surface area contributed by atoms with E-state index in [9.17, 15) is 33.9 Å². The van der Waals surface area contributed by atoms with Crippen molar-refractivity contribution in [3.05, 3.63) is 36.0 Å². The summed E-state index contributed by atoms with van der Waals surface area (Å²) >= 11 is 0. The molecule has 4 amide bonds. The van der Waals surface area contributed by atoms with Crippen LogP contribution in [0.1, 0.15) is 37.7 Å². The Morgan fingerprint density at radius 2 is 1.74 bits per heavy atom. The van der Waals surface area contributed by atoms with Crippen molar-refractivity contribution in [3.63, 3.8) is 0 Å². The Morgan fingerprint density at radius 1 is 1.05 bits per heavy atom. The number of aliphatic carboxylic acids is 2. The summed E-state index contributed by atoms with van der Waals surface area (Å²) in [5.74, 6) is -5.85. The lowest BCUT2D eigenvalue weighted by molar-refractivity contribution is -0.149. The normalized spacial score (nSPS) is 17.3. The van der Waals surface area contributed by atoms with E-state index in [-0.39, 0.29) is 25.8 Å². The molecule has 4 atom stereocenters. The molecule has 9 N–H and O–H groups in total. The molecule has 14 heteroatoms. The molecule has 14 nitrogen and oxygen atoms in total. The molecule has 1 fully saturated rings. The first kappa shape index (κ1) is 29.1. The number of hydrogen-bond donors (Lipinski definition) is 7. The Hall–Kier alpha value is -4.46. The monoisotopic (exact) mass is 544 g/mol. The van der Waals surface area contributed by atoms with Crippen LogP contribution < -0.4 is 22.1 Å². The van der Waals surface area contributed by atoms with Gasteiger partial charge in [0.15, 0.2) is 0 Å². The van der Waals surface area contributed by atoms with Crippen LogP contribution in [0, 0.1) is 0 Å². The third-order valence-electron chi connectivity index (χ3n) is 6.57. The number of nitrogens with two attached hydrogens (primary N) is 2. The lowest BCUT2D eigenvalue weighted by atomic mass is 10.0. The van der Waals surface area contributed by atoms with Gasteiger partial charge in [-0.05, 0) is 37.3 Å². The van der Waals surface area contributed by atoms with E-state index in [0.717, 1.165) is 21.4 Å². The van der Waals surface area contributed by atoms with E-state index in [1.54, 1.807) is 6.20 Å². The van der Waals surface area contributed by atoms with E-state index in [4.69, 9.17) is 16.6 Å². The number of H-pyrrole nitrogens is 1. The predicted molar refractivity (Wildman–Crippen MR) is 137 cm³/mol. The third kappa shape index (κ3) is 7.54. The Bertz CT molecular complexity index is 1260. The number of nitrogens with one attached hydrogen (secondary N) is 3. The van der Waals surface area contributed by atoms with Crippen LogP contribution in [0.4, 0.5) is 0 Å². The maximum absolute atomic E-state index is 13.1. The second kappa shape index (κ2) is 12.9. The number of para-hydroxylation sites is 1. The minimum Gasteiger partial charge on any atom is -0.481 e. The smallest absolute Gasteiger partial charge is 0.326 e. The van der Waals surface area contributed by atoms with Gasteiger partial charge in [-0.2, -0.15) is 0 Å². The van der Waals surface area contributed by atoms with Crippen molar-refractivity contribution in [1.82, 2.24) is 20.5 Å². The minimum atomic E-state index is -1.50. The molecule has 0 bridgehead atoms. The number of carboxylic acids is 2. The van der Waals surface area contributed by atoms with Gasteiger partial charge in [0.05, 0.1) is 12.5 Å². The van der Waals surface area contributed by atoms with Gasteiger partial charge in [0.2, 0.25) is 23.6 Å². The van der Waals surface area contributed by atoms with Crippen LogP contribution in [0.25, 0.3) is 10.9 Å². The molecular weight excluding hydrogens is 512 g/mol. The molecule has 0 spiro atoms. The van der Waals surface area contributed by atoms with E-state index in [2.05, 4.69) is 15.6 Å². The number of primary amides is 1. The first-order chi connectivity index (χ1) is 18.5. The average molecular weight is 545 g/mol. The Labute approximate surface area is 223 Å². The summed E-state index contributed by atoms with van der Waals surface area (Å²) in [5.41, 5.74) is 13.0. The van der Waals surface area contributed by atoms with Crippen molar-refractivity contribution in [1.29, 1.82) is 0 Å². The fraction of sp³-hybridized carbons (Fsp3) is 0.440. The lowest BCUT2D eigenvalue weighted by Gasteiger charge is -2.28. The average Bonchev–Trinajstić information content (AvgIpc) is 3.53. The van der Waals surface area contributed by atoms with Crippen LogP contribution in [0.2, 0.25) is 0 Å². The first-order valence-electron chi connectivity index (χ1n) is 12.4. The van der Waals surface area contributed by atoms with Gasteiger partial charge in [-0.1, -0.05) is 18.2 Å². The summed E-state index contributed by atoms with van der Waals surface area (Å²) in [6.07, 6.45) is 1.04. The number of rotatable bonds is 13. The van der Waals surface area contributed by atoms with Crippen LogP contribution in [-0.2, 0) is 35.2 Å². The van der Waals surface area contributed by atoms with E-state index >= 15 is 0 Å². The SMILES string of the molecule is NC(=O)CC(NC(=O)C(CCC(=O)O)NC(=O)C(N)Cc1c[nH]c2ccccc12)C(=O)N1CCCC1C(=O)O. The molecule has 1 aliphatic rings. The summed E-state index contributed by atoms with van der Waals surface area (Å²) in [7, 11) is 0. The van der Waals surface area contributed by atoms with Crippen LogP contribution in [0.3, 0.4) is 0 Å². The summed E-state index contributed by atoms with van der Waals surface area (Å²) in [5, 5.41) is 24.2. The van der Waals surface area contributed by atoms with E-state index in [1.807, 2.05) is 24.3 Å². The summed E-state index contributed by atoms with van der Waals surface area (Å²) in [4.78, 5) is 77.6. The molecule has 0 saturated carbocycles. The van der Waals surface area contributed by atoms with Gasteiger partial charge in [0.25, 0.3) is 0 Å². The summed E-state index contributed by atoms with van der Waals surface area (Å²) in [6, 6.07) is 2.30. The topological polar surface area (TPSA) is 238 Å². The molecular formula is C25H32N6O8. The zero-order valence-corrected chi connectivity index (χ0v) is 21.1. The predicted octanol–water partition coefficient (Wildman–Crippen LogP) is -1.18. The number of likely N-dealkylation sites (tertiary alicyclic amines) is 1. The van der Waals surface area contributed by atoms with Crippen LogP contribution >= 0.6 is 0 Å². The number of amides is 4. The molecule has 2 heterocycles. The highest BCUT2D eigenvalue weighted by atomic mass is 16.4. The summed E-state index contributed by atoms with van der Waals surface area (Å²) in [6.45, 7) is 0.114. The Balaban J connectivity index is 1.73. The highest BCUT2D eigenvalue weighted by Crippen LogP contribution is 2.20. The molecule has 1 aromatic carbocycles. The van der Waals surface area contributed by atoms with Crippen LogP contribution in [0.5, 0.6) is 0 Å². The molecule has 3 rings (SSSR count). The highest BCUT2D eigenvalue weighted by Gasteiger charge is 2.39. The van der Waals surface area contributed by atoms with Gasteiger partial charge >= 0.3 is 11.9 Å². The number of fused-ring (bicyclic) bond motifs is 1. The minimum absolute atomic E-state index is 0.114. The zero-order chi connectivity index (χ0) is 28.7. The Kier molecular flexibility index (Phi) is 9.60. The maximum Gasteiger partial charge on any atom is 0.326 e. The first-order valence-corrected chi connectivity index (χ1v) is 12.4. The highest BCUT2D eigenvalue weighted by molar-refractivity contribution is 5.96. The lowest BCUT2D eigenvalue weighted by Crippen LogP contribution is -2.58. The van der Waals surface area contributed by atoms with Crippen molar-refractivity contribution >= 4 is 46.5 Å². The molecule has 4 unspecified atom stereocenters. The number of aromatic nitrogens is 1. The van der Waals surface area contributed by atoms with Crippen molar-refractivity contribution in [2.75, 3.05) is 6.54 Å². The van der Waals surface area contributed by atoms with Gasteiger partial charge in [0.1, 0.15) is 18.1 Å². The van der Waals surface area contributed by atoms with E-state index < -0.39 is 72.6 Å². The molecule has 0 aliphatic carbocycles. The number of benzene rings is 1. The molecule has 2 aromatic rings. The van der Waals surface area contributed by atoms with Crippen molar-refractivity contribution < 1.29 is 39.0 Å². The van der Waals surface area contributed by atoms with Crippen molar-refractivity contribution in [2.24, 2.45) is 11.5 Å². The molecule has 1 aliphatic heterocycles. The number of nitrogens with zero attached hydrogens (tertiary/aromatic N) is 1. The van der Waals surface area contributed by atoms with Crippen LogP contribution in [0.15, 0.2) is 30.5 Å².